The summed E-state index contributed by atoms with van der Waals surface area (Å²) in [5, 5.41) is 15.1. The summed E-state index contributed by atoms with van der Waals surface area (Å²) in [6.07, 6.45) is 1.64. The van der Waals surface area contributed by atoms with Gasteiger partial charge < -0.3 is 25.0 Å². The van der Waals surface area contributed by atoms with Crippen LogP contribution in [0.3, 0.4) is 0 Å². The number of benzene rings is 1. The van der Waals surface area contributed by atoms with Gasteiger partial charge in [0.25, 0.3) is 0 Å². The highest BCUT2D eigenvalue weighted by Crippen LogP contribution is 2.37. The number of aliphatic imine (C=N–C) groups is 1. The van der Waals surface area contributed by atoms with Crippen LogP contribution in [0.25, 0.3) is 0 Å². The molecule has 0 spiro atoms. The number of aliphatic carboxylic acids is 1. The van der Waals surface area contributed by atoms with Crippen molar-refractivity contribution in [3.05, 3.63) is 62.5 Å². The number of esters is 1. The number of hydrogen-bond acceptors (Lipinski definition) is 9. The number of halogens is 2. The number of piperazine rings is 1. The lowest BCUT2D eigenvalue weighted by Gasteiger charge is -2.38. The number of urea groups is 1. The zero-order valence-corrected chi connectivity index (χ0v) is 24.3. The first-order valence-corrected chi connectivity index (χ1v) is 14.3. The van der Waals surface area contributed by atoms with Crippen molar-refractivity contribution in [1.29, 1.82) is 0 Å². The van der Waals surface area contributed by atoms with Crippen molar-refractivity contribution in [1.82, 2.24) is 25.0 Å². The largest absolute Gasteiger partial charge is 0.481 e. The number of fused-ring (bicyclic) bond motifs is 1. The van der Waals surface area contributed by atoms with E-state index >= 15 is 0 Å². The number of aromatic nitrogens is 1. The zero-order valence-electron chi connectivity index (χ0n) is 22.8. The summed E-state index contributed by atoms with van der Waals surface area (Å²) in [7, 11) is 1.27. The van der Waals surface area contributed by atoms with Crippen LogP contribution in [0.4, 0.5) is 9.18 Å². The lowest BCUT2D eigenvalue weighted by Crippen LogP contribution is -2.53. The second-order valence-corrected chi connectivity index (χ2v) is 12.1. The Morgan fingerprint density at radius 1 is 1.29 bits per heavy atom. The second kappa shape index (κ2) is 11.4. The number of nitrogens with zero attached hydrogens (tertiary/aromatic N) is 5. The molecule has 14 heteroatoms. The Balaban J connectivity index is 1.44. The Hall–Kier alpha value is -3.55. The summed E-state index contributed by atoms with van der Waals surface area (Å²) in [6.45, 7) is 5.47. The van der Waals surface area contributed by atoms with E-state index in [1.54, 1.807) is 41.3 Å². The van der Waals surface area contributed by atoms with Gasteiger partial charge in [-0.3, -0.25) is 14.7 Å². The number of hydrogen-bond donors (Lipinski definition) is 2. The summed E-state index contributed by atoms with van der Waals surface area (Å²) in [4.78, 5) is 52.4. The summed E-state index contributed by atoms with van der Waals surface area (Å²) >= 11 is 7.73. The zero-order chi connectivity index (χ0) is 29.5. The Labute approximate surface area is 245 Å². The molecule has 0 bridgehead atoms. The molecule has 0 saturated carbocycles. The Bertz CT molecular complexity index is 1430. The number of nitrogens with one attached hydrogen (secondary N) is 1. The van der Waals surface area contributed by atoms with E-state index < -0.39 is 29.2 Å². The van der Waals surface area contributed by atoms with Gasteiger partial charge in [0.1, 0.15) is 11.9 Å². The van der Waals surface area contributed by atoms with E-state index in [9.17, 15) is 23.9 Å². The first-order chi connectivity index (χ1) is 19.5. The SMILES string of the molecule is COC(=O)C1=C(CN2CCN3C(=O)N(CC(C)(C)C(=O)O)CC3C2)NC(c2nccs2)=NC1c1cccc(F)c1Cl. The number of carbonyl (C=O) groups excluding carboxylic acids is 2. The first kappa shape index (κ1) is 29.0. The smallest absolute Gasteiger partial charge is 0.338 e. The molecular weight excluding hydrogens is 575 g/mol. The van der Waals surface area contributed by atoms with Gasteiger partial charge in [-0.25, -0.2) is 19.0 Å². The van der Waals surface area contributed by atoms with E-state index in [0.717, 1.165) is 0 Å². The van der Waals surface area contributed by atoms with Crippen LogP contribution in [0.2, 0.25) is 5.02 Å². The van der Waals surface area contributed by atoms with Gasteiger partial charge in [0.05, 0.1) is 29.2 Å². The molecule has 11 nitrogen and oxygen atoms in total. The summed E-state index contributed by atoms with van der Waals surface area (Å²) in [5.41, 5.74) is -0.0308. The molecule has 1 aromatic heterocycles. The second-order valence-electron chi connectivity index (χ2n) is 10.8. The third kappa shape index (κ3) is 5.66. The quantitative estimate of drug-likeness (QED) is 0.440. The van der Waals surface area contributed by atoms with E-state index in [4.69, 9.17) is 21.3 Å². The Morgan fingerprint density at radius 2 is 2.07 bits per heavy atom. The van der Waals surface area contributed by atoms with Crippen molar-refractivity contribution in [2.24, 2.45) is 10.4 Å². The Kier molecular flexibility index (Phi) is 8.04. The van der Waals surface area contributed by atoms with Crippen LogP contribution in [-0.4, -0.2) is 101 Å². The normalized spacial score (nSPS) is 21.5. The van der Waals surface area contributed by atoms with Gasteiger partial charge in [-0.1, -0.05) is 23.7 Å². The van der Waals surface area contributed by atoms with Crippen molar-refractivity contribution in [3.63, 3.8) is 0 Å². The van der Waals surface area contributed by atoms with Gasteiger partial charge in [0.15, 0.2) is 10.8 Å². The molecule has 4 heterocycles. The van der Waals surface area contributed by atoms with Gasteiger partial charge in [0.2, 0.25) is 0 Å². The predicted octanol–water partition coefficient (Wildman–Crippen LogP) is 2.99. The maximum Gasteiger partial charge on any atom is 0.338 e. The van der Waals surface area contributed by atoms with E-state index in [1.807, 2.05) is 0 Å². The molecule has 2 fully saturated rings. The molecular formula is C27H30ClFN6O5S. The number of ether oxygens (including phenoxy) is 1. The highest BCUT2D eigenvalue weighted by Gasteiger charge is 2.44. The van der Waals surface area contributed by atoms with Crippen LogP contribution in [0.15, 0.2) is 46.0 Å². The molecule has 3 aliphatic heterocycles. The molecule has 5 rings (SSSR count). The van der Waals surface area contributed by atoms with Crippen LogP contribution < -0.4 is 5.32 Å². The minimum absolute atomic E-state index is 0.108. The molecule has 2 saturated heterocycles. The molecule has 2 unspecified atom stereocenters. The van der Waals surface area contributed by atoms with Crippen LogP contribution in [0.1, 0.15) is 30.5 Å². The van der Waals surface area contributed by atoms with Gasteiger partial charge >= 0.3 is 18.0 Å². The van der Waals surface area contributed by atoms with Gasteiger partial charge in [-0.15, -0.1) is 11.3 Å². The molecule has 2 aromatic rings. The van der Waals surface area contributed by atoms with E-state index in [-0.39, 0.29) is 35.8 Å². The third-order valence-electron chi connectivity index (χ3n) is 7.50. The van der Waals surface area contributed by atoms with Crippen molar-refractivity contribution >= 4 is 46.7 Å². The van der Waals surface area contributed by atoms with E-state index in [0.29, 0.717) is 48.3 Å². The standard InChI is InChI=1S/C27H30ClFN6O5S/c1-27(2,25(37)38)14-34-12-15-11-33(8-9-35(15)26(34)39)13-18-19(24(36)40-3)21(16-5-4-6-17(29)20(16)28)32-22(31-18)23-30-7-10-41-23/h4-7,10,15,21H,8-9,11-14H2,1-3H3,(H,31,32)(H,37,38). The first-order valence-electron chi connectivity index (χ1n) is 13.0. The van der Waals surface area contributed by atoms with E-state index in [2.05, 4.69) is 15.2 Å². The maximum atomic E-state index is 14.5. The third-order valence-corrected chi connectivity index (χ3v) is 8.68. The van der Waals surface area contributed by atoms with Gasteiger partial charge in [-0.2, -0.15) is 0 Å². The van der Waals surface area contributed by atoms with E-state index in [1.165, 1.54) is 30.6 Å². The fourth-order valence-electron chi connectivity index (χ4n) is 5.36. The van der Waals surface area contributed by atoms with Crippen LogP contribution in [0, 0.1) is 11.2 Å². The highest BCUT2D eigenvalue weighted by molar-refractivity contribution is 7.11. The fourth-order valence-corrected chi connectivity index (χ4v) is 6.18. The number of amidine groups is 1. The van der Waals surface area contributed by atoms with Crippen LogP contribution in [0.5, 0.6) is 0 Å². The van der Waals surface area contributed by atoms with Crippen molar-refractivity contribution in [2.45, 2.75) is 25.9 Å². The average molecular weight is 605 g/mol. The molecule has 3 aliphatic rings. The molecule has 2 atom stereocenters. The number of carboxylic acid groups (broad SMARTS) is 1. The molecule has 0 aliphatic carbocycles. The molecule has 1 aromatic carbocycles. The minimum atomic E-state index is -1.07. The number of rotatable bonds is 8. The number of amides is 2. The molecule has 0 radical (unpaired) electrons. The molecule has 2 N–H and O–H groups in total. The maximum absolute atomic E-state index is 14.5. The fraction of sp³-hybridized carbons (Fsp3) is 0.444. The summed E-state index contributed by atoms with van der Waals surface area (Å²) in [6, 6.07) is 3.12. The number of carbonyl (C=O) groups is 3. The highest BCUT2D eigenvalue weighted by atomic mass is 35.5. The lowest BCUT2D eigenvalue weighted by atomic mass is 9.93. The molecule has 218 valence electrons. The van der Waals surface area contributed by atoms with Gasteiger partial charge in [-0.05, 0) is 19.9 Å². The average Bonchev–Trinajstić information content (AvgIpc) is 3.58. The Morgan fingerprint density at radius 3 is 2.76 bits per heavy atom. The number of methoxy groups -OCH3 is 1. The van der Waals surface area contributed by atoms with Crippen LogP contribution >= 0.6 is 22.9 Å². The number of thiazole rings is 1. The van der Waals surface area contributed by atoms with Crippen molar-refractivity contribution < 1.29 is 28.6 Å². The topological polar surface area (TPSA) is 128 Å². The lowest BCUT2D eigenvalue weighted by molar-refractivity contribution is -0.147. The van der Waals surface area contributed by atoms with Crippen LogP contribution in [-0.2, 0) is 14.3 Å². The minimum Gasteiger partial charge on any atom is -0.481 e. The van der Waals surface area contributed by atoms with Crippen molar-refractivity contribution in [2.75, 3.05) is 46.4 Å². The molecule has 2 amide bonds. The van der Waals surface area contributed by atoms with Crippen molar-refractivity contribution in [3.8, 4) is 0 Å². The summed E-state index contributed by atoms with van der Waals surface area (Å²) < 4.78 is 19.6. The molecule has 41 heavy (non-hydrogen) atoms. The monoisotopic (exact) mass is 604 g/mol. The summed E-state index contributed by atoms with van der Waals surface area (Å²) in [5.74, 6) is -1.80. The predicted molar refractivity (Wildman–Crippen MR) is 150 cm³/mol. The van der Waals surface area contributed by atoms with Gasteiger partial charge in [0, 0.05) is 62.1 Å². The number of carboxylic acids is 1.